The minimum atomic E-state index is -0.939. The van der Waals surface area contributed by atoms with Gasteiger partial charge in [0.05, 0.1) is 12.5 Å². The second-order valence-electron chi connectivity index (χ2n) is 4.69. The third kappa shape index (κ3) is 5.84. The topological polar surface area (TPSA) is 75.6 Å². The standard InChI is InChI=1S/C15H21NO4/c1-11-5-3-4-6-12(11)7-8-14(17)16-10-13(20-2)9-15(18)19/h3-6,13H,7-10H2,1-2H3,(H,16,17)(H,18,19). The fourth-order valence-electron chi connectivity index (χ4n) is 1.89. The Hall–Kier alpha value is -1.88. The molecular formula is C15H21NO4. The molecule has 110 valence electrons. The summed E-state index contributed by atoms with van der Waals surface area (Å²) in [7, 11) is 1.44. The van der Waals surface area contributed by atoms with Crippen LogP contribution >= 0.6 is 0 Å². The lowest BCUT2D eigenvalue weighted by Crippen LogP contribution is -2.34. The van der Waals surface area contributed by atoms with Crippen LogP contribution in [0.25, 0.3) is 0 Å². The first kappa shape index (κ1) is 16.2. The van der Waals surface area contributed by atoms with E-state index >= 15 is 0 Å². The van der Waals surface area contributed by atoms with Crippen LogP contribution in [-0.4, -0.2) is 36.7 Å². The molecule has 0 saturated heterocycles. The number of nitrogens with one attached hydrogen (secondary N) is 1. The molecular weight excluding hydrogens is 258 g/mol. The van der Waals surface area contributed by atoms with E-state index < -0.39 is 12.1 Å². The van der Waals surface area contributed by atoms with Gasteiger partial charge in [-0.3, -0.25) is 9.59 Å². The summed E-state index contributed by atoms with van der Waals surface area (Å²) < 4.78 is 5.00. The lowest BCUT2D eigenvalue weighted by molar-refractivity contribution is -0.140. The minimum absolute atomic E-state index is 0.0966. The zero-order chi connectivity index (χ0) is 15.0. The molecule has 0 aliphatic rings. The first-order valence-corrected chi connectivity index (χ1v) is 6.58. The maximum absolute atomic E-state index is 11.7. The van der Waals surface area contributed by atoms with Crippen molar-refractivity contribution in [1.82, 2.24) is 5.32 Å². The molecule has 0 radical (unpaired) electrons. The third-order valence-corrected chi connectivity index (χ3v) is 3.15. The zero-order valence-electron chi connectivity index (χ0n) is 11.9. The number of benzene rings is 1. The van der Waals surface area contributed by atoms with Gasteiger partial charge < -0.3 is 15.2 Å². The molecule has 0 aliphatic heterocycles. The molecule has 5 heteroatoms. The number of aryl methyl sites for hydroxylation is 2. The lowest BCUT2D eigenvalue weighted by atomic mass is 10.0. The average Bonchev–Trinajstić information content (AvgIpc) is 2.42. The van der Waals surface area contributed by atoms with Crippen molar-refractivity contribution in [3.63, 3.8) is 0 Å². The molecule has 1 atom stereocenters. The summed E-state index contributed by atoms with van der Waals surface area (Å²) in [6.07, 6.45) is 0.452. The van der Waals surface area contributed by atoms with Crippen LogP contribution in [0.2, 0.25) is 0 Å². The highest BCUT2D eigenvalue weighted by Gasteiger charge is 2.13. The van der Waals surface area contributed by atoms with Crippen LogP contribution in [-0.2, 0) is 20.7 Å². The highest BCUT2D eigenvalue weighted by molar-refractivity contribution is 5.76. The Labute approximate surface area is 118 Å². The molecule has 1 unspecified atom stereocenters. The molecule has 0 heterocycles. The smallest absolute Gasteiger partial charge is 0.306 e. The summed E-state index contributed by atoms with van der Waals surface area (Å²) >= 11 is 0. The summed E-state index contributed by atoms with van der Waals surface area (Å²) in [6.45, 7) is 2.23. The maximum atomic E-state index is 11.7. The summed E-state index contributed by atoms with van der Waals surface area (Å²) in [4.78, 5) is 22.3. The van der Waals surface area contributed by atoms with Crippen LogP contribution in [0.4, 0.5) is 0 Å². The van der Waals surface area contributed by atoms with Crippen LogP contribution < -0.4 is 5.32 Å². The predicted molar refractivity (Wildman–Crippen MR) is 75.6 cm³/mol. The molecule has 1 amide bonds. The molecule has 20 heavy (non-hydrogen) atoms. The van der Waals surface area contributed by atoms with Gasteiger partial charge in [-0.2, -0.15) is 0 Å². The highest BCUT2D eigenvalue weighted by atomic mass is 16.5. The number of carboxylic acid groups (broad SMARTS) is 1. The van der Waals surface area contributed by atoms with Crippen LogP contribution in [0.5, 0.6) is 0 Å². The van der Waals surface area contributed by atoms with E-state index in [-0.39, 0.29) is 18.9 Å². The molecule has 0 fully saturated rings. The number of amides is 1. The second-order valence-corrected chi connectivity index (χ2v) is 4.69. The molecule has 1 aromatic rings. The summed E-state index contributed by atoms with van der Waals surface area (Å²) in [5.74, 6) is -1.04. The number of hydrogen-bond donors (Lipinski definition) is 2. The predicted octanol–water partition coefficient (Wildman–Crippen LogP) is 1.53. The van der Waals surface area contributed by atoms with Crippen LogP contribution in [0.1, 0.15) is 24.0 Å². The van der Waals surface area contributed by atoms with Gasteiger partial charge in [0.2, 0.25) is 5.91 Å². The number of carbonyl (C=O) groups excluding carboxylic acids is 1. The van der Waals surface area contributed by atoms with Gasteiger partial charge >= 0.3 is 5.97 Å². The Kier molecular flexibility index (Phi) is 6.73. The van der Waals surface area contributed by atoms with E-state index in [0.717, 1.165) is 5.56 Å². The molecule has 1 rings (SSSR count). The fraction of sp³-hybridized carbons (Fsp3) is 0.467. The normalized spacial score (nSPS) is 11.9. The maximum Gasteiger partial charge on any atom is 0.306 e. The van der Waals surface area contributed by atoms with Crippen molar-refractivity contribution in [1.29, 1.82) is 0 Å². The number of carboxylic acids is 1. The van der Waals surface area contributed by atoms with Gasteiger partial charge in [-0.25, -0.2) is 0 Å². The van der Waals surface area contributed by atoms with E-state index in [1.807, 2.05) is 31.2 Å². The summed E-state index contributed by atoms with van der Waals surface area (Å²) in [5, 5.41) is 11.4. The number of carbonyl (C=O) groups is 2. The average molecular weight is 279 g/mol. The van der Waals surface area contributed by atoms with Crippen LogP contribution in [0, 0.1) is 6.92 Å². The minimum Gasteiger partial charge on any atom is -0.481 e. The third-order valence-electron chi connectivity index (χ3n) is 3.15. The molecule has 0 saturated carbocycles. The second kappa shape index (κ2) is 8.32. The molecule has 0 bridgehead atoms. The van der Waals surface area contributed by atoms with E-state index in [0.29, 0.717) is 12.8 Å². The monoisotopic (exact) mass is 279 g/mol. The SMILES string of the molecule is COC(CNC(=O)CCc1ccccc1C)CC(=O)O. The van der Waals surface area contributed by atoms with Gasteiger partial charge in [0, 0.05) is 20.1 Å². The number of rotatable bonds is 8. The summed E-state index contributed by atoms with van der Waals surface area (Å²) in [5.41, 5.74) is 2.32. The van der Waals surface area contributed by atoms with E-state index in [1.165, 1.54) is 12.7 Å². The van der Waals surface area contributed by atoms with Gasteiger partial charge in [0.25, 0.3) is 0 Å². The number of aliphatic carboxylic acids is 1. The molecule has 0 aliphatic carbocycles. The van der Waals surface area contributed by atoms with Crippen molar-refractivity contribution >= 4 is 11.9 Å². The first-order valence-electron chi connectivity index (χ1n) is 6.58. The molecule has 1 aromatic carbocycles. The van der Waals surface area contributed by atoms with Crippen molar-refractivity contribution < 1.29 is 19.4 Å². The lowest BCUT2D eigenvalue weighted by Gasteiger charge is -2.14. The van der Waals surface area contributed by atoms with Crippen molar-refractivity contribution in [3.05, 3.63) is 35.4 Å². The largest absolute Gasteiger partial charge is 0.481 e. The Morgan fingerprint density at radius 3 is 2.65 bits per heavy atom. The van der Waals surface area contributed by atoms with Gasteiger partial charge in [-0.1, -0.05) is 24.3 Å². The first-order chi connectivity index (χ1) is 9.52. The van der Waals surface area contributed by atoms with Gasteiger partial charge in [0.15, 0.2) is 0 Å². The molecule has 0 spiro atoms. The Bertz CT molecular complexity index is 459. The van der Waals surface area contributed by atoms with Gasteiger partial charge in [-0.05, 0) is 24.5 Å². The number of hydrogen-bond acceptors (Lipinski definition) is 3. The van der Waals surface area contributed by atoms with E-state index in [1.54, 1.807) is 0 Å². The van der Waals surface area contributed by atoms with Crippen LogP contribution in [0.3, 0.4) is 0 Å². The molecule has 5 nitrogen and oxygen atoms in total. The highest BCUT2D eigenvalue weighted by Crippen LogP contribution is 2.09. The van der Waals surface area contributed by atoms with Gasteiger partial charge in [0.1, 0.15) is 0 Å². The Morgan fingerprint density at radius 2 is 2.05 bits per heavy atom. The van der Waals surface area contributed by atoms with Crippen molar-refractivity contribution in [2.45, 2.75) is 32.3 Å². The quantitative estimate of drug-likeness (QED) is 0.756. The Balaban J connectivity index is 2.33. The van der Waals surface area contributed by atoms with E-state index in [2.05, 4.69) is 5.32 Å². The van der Waals surface area contributed by atoms with Crippen molar-refractivity contribution in [2.75, 3.05) is 13.7 Å². The van der Waals surface area contributed by atoms with Crippen molar-refractivity contribution in [2.24, 2.45) is 0 Å². The van der Waals surface area contributed by atoms with Gasteiger partial charge in [-0.15, -0.1) is 0 Å². The fourth-order valence-corrected chi connectivity index (χ4v) is 1.89. The summed E-state index contributed by atoms with van der Waals surface area (Å²) in [6, 6.07) is 7.94. The van der Waals surface area contributed by atoms with E-state index in [9.17, 15) is 9.59 Å². The van der Waals surface area contributed by atoms with E-state index in [4.69, 9.17) is 9.84 Å². The number of methoxy groups -OCH3 is 1. The zero-order valence-corrected chi connectivity index (χ0v) is 11.9. The molecule has 2 N–H and O–H groups in total. The van der Waals surface area contributed by atoms with Crippen molar-refractivity contribution in [3.8, 4) is 0 Å². The molecule has 0 aromatic heterocycles. The van der Waals surface area contributed by atoms with Crippen LogP contribution in [0.15, 0.2) is 24.3 Å². The number of ether oxygens (including phenoxy) is 1. The Morgan fingerprint density at radius 1 is 1.35 bits per heavy atom.